The predicted molar refractivity (Wildman–Crippen MR) is 115 cm³/mol. The van der Waals surface area contributed by atoms with E-state index in [-0.39, 0.29) is 27.9 Å². The van der Waals surface area contributed by atoms with Crippen molar-refractivity contribution in [3.63, 3.8) is 0 Å². The van der Waals surface area contributed by atoms with Gasteiger partial charge in [0.25, 0.3) is 0 Å². The number of benzene rings is 1. The number of hydrogen-bond acceptors (Lipinski definition) is 6. The van der Waals surface area contributed by atoms with E-state index >= 15 is 0 Å². The molecule has 1 aliphatic heterocycles. The second-order valence-electron chi connectivity index (χ2n) is 8.41. The first-order valence-electron chi connectivity index (χ1n) is 9.52. The fourth-order valence-electron chi connectivity index (χ4n) is 3.61. The van der Waals surface area contributed by atoms with Crippen LogP contribution in [0.5, 0.6) is 0 Å². The van der Waals surface area contributed by atoms with E-state index in [2.05, 4.69) is 11.1 Å². The molecule has 0 bridgehead atoms. The minimum absolute atomic E-state index is 0.0656. The summed E-state index contributed by atoms with van der Waals surface area (Å²) in [5, 5.41) is 10.9. The number of carbonyl (C=O) groups is 1. The molecule has 0 unspecified atom stereocenters. The van der Waals surface area contributed by atoms with E-state index in [1.807, 2.05) is 32.0 Å². The summed E-state index contributed by atoms with van der Waals surface area (Å²) >= 11 is 6.56. The number of rotatable bonds is 2. The predicted octanol–water partition coefficient (Wildman–Crippen LogP) is 4.93. The molecule has 2 aromatic rings. The Bertz CT molecular complexity index is 1170. The smallest absolute Gasteiger partial charge is 0.338 e. The Balaban J connectivity index is 2.28. The number of nitrogens with zero attached hydrogens (tertiary/aromatic N) is 2. The van der Waals surface area contributed by atoms with Crippen molar-refractivity contribution >= 4 is 28.5 Å². The van der Waals surface area contributed by atoms with E-state index in [0.717, 1.165) is 22.0 Å². The zero-order valence-electron chi connectivity index (χ0n) is 17.9. The number of esters is 1. The highest BCUT2D eigenvalue weighted by atomic mass is 35.5. The fraction of sp³-hybridized carbons (Fsp3) is 0.348. The van der Waals surface area contributed by atoms with Crippen molar-refractivity contribution in [3.05, 3.63) is 62.8 Å². The lowest BCUT2D eigenvalue weighted by Crippen LogP contribution is -2.30. The van der Waals surface area contributed by atoms with Gasteiger partial charge in [-0.05, 0) is 64.8 Å². The Labute approximate surface area is 180 Å². The molecular formula is C23H24ClN3O3. The number of carbonyl (C=O) groups excluding carboxylic acids is 1. The summed E-state index contributed by atoms with van der Waals surface area (Å²) in [4.78, 5) is 17.6. The summed E-state index contributed by atoms with van der Waals surface area (Å²) in [6.07, 6.45) is 0. The van der Waals surface area contributed by atoms with Crippen LogP contribution in [-0.2, 0) is 14.3 Å². The van der Waals surface area contributed by atoms with Crippen molar-refractivity contribution in [2.75, 3.05) is 0 Å². The number of aromatic nitrogens is 1. The van der Waals surface area contributed by atoms with E-state index in [1.54, 1.807) is 27.7 Å². The van der Waals surface area contributed by atoms with Gasteiger partial charge < -0.3 is 15.2 Å². The first-order chi connectivity index (χ1) is 13.9. The lowest BCUT2D eigenvalue weighted by atomic mass is 9.83. The third-order valence-corrected chi connectivity index (χ3v) is 5.10. The normalized spacial score (nSPS) is 17.1. The van der Waals surface area contributed by atoms with Gasteiger partial charge in [-0.3, -0.25) is 0 Å². The van der Waals surface area contributed by atoms with Crippen LogP contribution in [0.4, 0.5) is 0 Å². The molecule has 30 heavy (non-hydrogen) atoms. The molecule has 7 heteroatoms. The fourth-order valence-corrected chi connectivity index (χ4v) is 3.87. The number of pyridine rings is 1. The third kappa shape index (κ3) is 3.99. The number of nitriles is 1. The lowest BCUT2D eigenvalue weighted by Gasteiger charge is -2.29. The first kappa shape index (κ1) is 21.7. The highest BCUT2D eigenvalue weighted by molar-refractivity contribution is 6.31. The molecule has 3 rings (SSSR count). The van der Waals surface area contributed by atoms with Crippen LogP contribution in [-0.4, -0.2) is 16.6 Å². The van der Waals surface area contributed by atoms with Gasteiger partial charge in [0.15, 0.2) is 0 Å². The monoisotopic (exact) mass is 425 g/mol. The van der Waals surface area contributed by atoms with Gasteiger partial charge in [-0.2, -0.15) is 5.26 Å². The quantitative estimate of drug-likeness (QED) is 0.541. The Morgan fingerprint density at radius 1 is 1.27 bits per heavy atom. The minimum atomic E-state index is -0.844. The van der Waals surface area contributed by atoms with Crippen molar-refractivity contribution in [2.45, 2.75) is 53.1 Å². The summed E-state index contributed by atoms with van der Waals surface area (Å²) in [5.41, 5.74) is 8.86. The molecule has 2 heterocycles. The van der Waals surface area contributed by atoms with E-state index < -0.39 is 17.5 Å². The van der Waals surface area contributed by atoms with Crippen LogP contribution in [0.15, 0.2) is 41.0 Å². The van der Waals surface area contributed by atoms with Crippen LogP contribution in [0, 0.1) is 25.2 Å². The number of hydrogen-bond donors (Lipinski definition) is 1. The van der Waals surface area contributed by atoms with E-state index in [1.165, 1.54) is 0 Å². The van der Waals surface area contributed by atoms with Crippen LogP contribution in [0.2, 0.25) is 5.15 Å². The van der Waals surface area contributed by atoms with Gasteiger partial charge in [0.2, 0.25) is 5.88 Å². The number of aryl methyl sites for hydroxylation is 2. The standard InChI is InChI=1S/C23H24ClN3O3/c1-11-7-12(2)14-9-15(20(24)27-17(14)8-11)19-16(10-25)21(26)29-13(3)18(19)22(28)30-23(4,5)6/h7-9,19H,26H2,1-6H3/t19-/m0/s1. The summed E-state index contributed by atoms with van der Waals surface area (Å²) in [5.74, 6) is -1.24. The second-order valence-corrected chi connectivity index (χ2v) is 8.77. The second kappa shape index (κ2) is 7.66. The van der Waals surface area contributed by atoms with E-state index in [0.29, 0.717) is 5.56 Å². The maximum atomic E-state index is 13.1. The number of halogens is 1. The molecule has 0 fully saturated rings. The van der Waals surface area contributed by atoms with Gasteiger partial charge in [-0.25, -0.2) is 9.78 Å². The third-order valence-electron chi connectivity index (χ3n) is 4.80. The van der Waals surface area contributed by atoms with Crippen molar-refractivity contribution < 1.29 is 14.3 Å². The molecule has 0 spiro atoms. The van der Waals surface area contributed by atoms with Crippen LogP contribution in [0.1, 0.15) is 50.3 Å². The zero-order valence-corrected chi connectivity index (χ0v) is 18.6. The molecule has 1 aromatic carbocycles. The number of allylic oxidation sites excluding steroid dienone is 2. The summed E-state index contributed by atoms with van der Waals surface area (Å²) in [6.45, 7) is 10.9. The highest BCUT2D eigenvalue weighted by Gasteiger charge is 2.39. The maximum Gasteiger partial charge on any atom is 0.338 e. The Kier molecular flexibility index (Phi) is 5.53. The summed E-state index contributed by atoms with van der Waals surface area (Å²) < 4.78 is 11.1. The van der Waals surface area contributed by atoms with Crippen LogP contribution in [0.25, 0.3) is 10.9 Å². The van der Waals surface area contributed by atoms with Crippen molar-refractivity contribution in [1.82, 2.24) is 4.98 Å². The van der Waals surface area contributed by atoms with E-state index in [9.17, 15) is 10.1 Å². The van der Waals surface area contributed by atoms with Crippen LogP contribution in [0.3, 0.4) is 0 Å². The Hall–Kier alpha value is -3.04. The molecule has 0 saturated carbocycles. The molecule has 156 valence electrons. The molecule has 0 aliphatic carbocycles. The van der Waals surface area contributed by atoms with Crippen molar-refractivity contribution in [3.8, 4) is 6.07 Å². The summed E-state index contributed by atoms with van der Waals surface area (Å²) in [7, 11) is 0. The molecule has 0 saturated heterocycles. The van der Waals surface area contributed by atoms with Crippen LogP contribution < -0.4 is 5.73 Å². The van der Waals surface area contributed by atoms with Gasteiger partial charge in [-0.1, -0.05) is 17.7 Å². The number of ether oxygens (including phenoxy) is 2. The molecule has 1 aliphatic rings. The molecule has 0 amide bonds. The van der Waals surface area contributed by atoms with Gasteiger partial charge >= 0.3 is 5.97 Å². The van der Waals surface area contributed by atoms with Gasteiger partial charge in [-0.15, -0.1) is 0 Å². The Morgan fingerprint density at radius 2 is 1.93 bits per heavy atom. The van der Waals surface area contributed by atoms with Gasteiger partial charge in [0, 0.05) is 10.9 Å². The topological polar surface area (TPSA) is 98.2 Å². The molecular weight excluding hydrogens is 402 g/mol. The Morgan fingerprint density at radius 3 is 2.53 bits per heavy atom. The zero-order chi connectivity index (χ0) is 22.4. The summed E-state index contributed by atoms with van der Waals surface area (Å²) in [6, 6.07) is 7.91. The molecule has 0 radical (unpaired) electrons. The first-order valence-corrected chi connectivity index (χ1v) is 9.90. The number of nitrogens with two attached hydrogens (primary N) is 1. The molecule has 1 aromatic heterocycles. The van der Waals surface area contributed by atoms with Crippen molar-refractivity contribution in [2.24, 2.45) is 5.73 Å². The minimum Gasteiger partial charge on any atom is -0.456 e. The maximum absolute atomic E-state index is 13.1. The lowest BCUT2D eigenvalue weighted by molar-refractivity contribution is -0.150. The average Bonchev–Trinajstić information content (AvgIpc) is 2.58. The molecule has 6 nitrogen and oxygen atoms in total. The molecule has 1 atom stereocenters. The van der Waals surface area contributed by atoms with Crippen molar-refractivity contribution in [1.29, 1.82) is 5.26 Å². The van der Waals surface area contributed by atoms with Gasteiger partial charge in [0.1, 0.15) is 28.2 Å². The number of fused-ring (bicyclic) bond motifs is 1. The highest BCUT2D eigenvalue weighted by Crippen LogP contribution is 2.43. The SMILES string of the molecule is CC1=C(C(=O)OC(C)(C)C)[C@@H](c2cc3c(C)cc(C)cc3nc2Cl)C(C#N)=C(N)O1. The molecule has 2 N–H and O–H groups in total. The van der Waals surface area contributed by atoms with Gasteiger partial charge in [0.05, 0.1) is 17.0 Å². The van der Waals surface area contributed by atoms with Crippen LogP contribution >= 0.6 is 11.6 Å². The van der Waals surface area contributed by atoms with E-state index in [4.69, 9.17) is 26.8 Å². The largest absolute Gasteiger partial charge is 0.456 e. The average molecular weight is 426 g/mol.